The van der Waals surface area contributed by atoms with Crippen molar-refractivity contribution in [1.82, 2.24) is 0 Å². The first kappa shape index (κ1) is 22.9. The number of benzene rings is 4. The Kier molecular flexibility index (Phi) is 5.89. The molecule has 0 fully saturated rings. The monoisotopic (exact) mass is 525 g/mol. The third-order valence-electron chi connectivity index (χ3n) is 5.48. The van der Waals surface area contributed by atoms with E-state index in [1.807, 2.05) is 12.1 Å². The van der Waals surface area contributed by atoms with Crippen LogP contribution < -0.4 is 3.71 Å². The van der Waals surface area contributed by atoms with Gasteiger partial charge < -0.3 is 0 Å². The third kappa shape index (κ3) is 3.69. The van der Waals surface area contributed by atoms with E-state index in [4.69, 9.17) is 0 Å². The third-order valence-corrected chi connectivity index (χ3v) is 11.8. The van der Waals surface area contributed by atoms with E-state index in [0.29, 0.717) is 29.5 Å². The number of hydrogen-bond acceptors (Lipinski definition) is 6. The minimum atomic E-state index is -4.52. The van der Waals surface area contributed by atoms with Crippen molar-refractivity contribution in [3.63, 3.8) is 0 Å². The van der Waals surface area contributed by atoms with Gasteiger partial charge in [0.25, 0.3) is 20.0 Å². The molecular formula is C25H19NO4S4. The lowest BCUT2D eigenvalue weighted by Gasteiger charge is -2.25. The van der Waals surface area contributed by atoms with Gasteiger partial charge in [-0.3, -0.25) is 0 Å². The lowest BCUT2D eigenvalue weighted by atomic mass is 10.1. The zero-order valence-corrected chi connectivity index (χ0v) is 21.2. The first-order chi connectivity index (χ1) is 16.4. The second kappa shape index (κ2) is 8.74. The van der Waals surface area contributed by atoms with Crippen molar-refractivity contribution in [1.29, 1.82) is 0 Å². The molecule has 5 nitrogen and oxygen atoms in total. The van der Waals surface area contributed by atoms with E-state index < -0.39 is 20.0 Å². The van der Waals surface area contributed by atoms with Gasteiger partial charge >= 0.3 is 0 Å². The second-order valence-electron chi connectivity index (χ2n) is 7.46. The van der Waals surface area contributed by atoms with Crippen molar-refractivity contribution in [3.05, 3.63) is 96.4 Å². The van der Waals surface area contributed by atoms with Crippen LogP contribution in [-0.2, 0) is 20.0 Å². The van der Waals surface area contributed by atoms with E-state index >= 15 is 0 Å². The van der Waals surface area contributed by atoms with Crippen molar-refractivity contribution in [2.75, 3.05) is 9.97 Å². The summed E-state index contributed by atoms with van der Waals surface area (Å²) in [5, 5.41) is 4.04. The molecule has 5 rings (SSSR count). The largest absolute Gasteiger partial charge is 0.278 e. The Morgan fingerprint density at radius 1 is 0.647 bits per heavy atom. The molecule has 0 N–H and O–H groups in total. The van der Waals surface area contributed by atoms with Crippen LogP contribution in [0.1, 0.15) is 0 Å². The van der Waals surface area contributed by atoms with Gasteiger partial charge in [0.2, 0.25) is 0 Å². The van der Waals surface area contributed by atoms with Crippen LogP contribution in [0.4, 0.5) is 5.69 Å². The normalized spacial score (nSPS) is 12.3. The number of rotatable bonds is 6. The average Bonchev–Trinajstić information content (AvgIpc) is 3.30. The fourth-order valence-electron chi connectivity index (χ4n) is 3.98. The fourth-order valence-corrected chi connectivity index (χ4v) is 9.86. The molecule has 34 heavy (non-hydrogen) atoms. The Bertz CT molecular complexity index is 1620. The van der Waals surface area contributed by atoms with Crippen molar-refractivity contribution >= 4 is 70.4 Å². The van der Waals surface area contributed by atoms with Crippen LogP contribution in [0.3, 0.4) is 0 Å². The number of thiophene rings is 1. The lowest BCUT2D eigenvalue weighted by molar-refractivity contribution is 0.585. The molecule has 0 unspecified atom stereocenters. The smallest absolute Gasteiger partial charge is 0.200 e. The second-order valence-corrected chi connectivity index (χ2v) is 13.2. The standard InChI is InChI=1S/C25H19NO4S4/c1-31-25-22(16-17-32-25)26(33(27,28)23-14-6-10-18-8-2-4-12-20(18)23)34(29,30)24-15-7-11-19-9-3-5-13-21(19)24/h2-17H,1H3. The molecule has 0 saturated carbocycles. The minimum absolute atomic E-state index is 0.0623. The number of sulfonamides is 2. The molecule has 0 saturated heterocycles. The van der Waals surface area contributed by atoms with E-state index in [0.717, 1.165) is 0 Å². The Morgan fingerprint density at radius 3 is 1.62 bits per heavy atom. The summed E-state index contributed by atoms with van der Waals surface area (Å²) in [7, 11) is -9.04. The number of thioether (sulfide) groups is 1. The van der Waals surface area contributed by atoms with Crippen LogP contribution in [0.5, 0.6) is 0 Å². The van der Waals surface area contributed by atoms with Gasteiger partial charge in [0, 0.05) is 10.8 Å². The van der Waals surface area contributed by atoms with Crippen molar-refractivity contribution in [2.45, 2.75) is 14.0 Å². The predicted octanol–water partition coefficient (Wildman–Crippen LogP) is 6.36. The van der Waals surface area contributed by atoms with E-state index in [1.54, 1.807) is 78.4 Å². The quantitative estimate of drug-likeness (QED) is 0.241. The highest BCUT2D eigenvalue weighted by Crippen LogP contribution is 2.42. The van der Waals surface area contributed by atoms with Crippen LogP contribution in [0.2, 0.25) is 0 Å². The van der Waals surface area contributed by atoms with E-state index in [9.17, 15) is 16.8 Å². The maximum atomic E-state index is 14.2. The van der Waals surface area contributed by atoms with Crippen molar-refractivity contribution in [2.24, 2.45) is 0 Å². The molecule has 9 heteroatoms. The predicted molar refractivity (Wildman–Crippen MR) is 141 cm³/mol. The molecule has 1 aromatic heterocycles. The van der Waals surface area contributed by atoms with Gasteiger partial charge in [-0.15, -0.1) is 23.1 Å². The number of anilines is 1. The molecule has 0 aliphatic carbocycles. The zero-order valence-electron chi connectivity index (χ0n) is 18.0. The van der Waals surface area contributed by atoms with Crippen LogP contribution >= 0.6 is 23.1 Å². The highest BCUT2D eigenvalue weighted by Gasteiger charge is 2.40. The molecule has 172 valence electrons. The van der Waals surface area contributed by atoms with E-state index in [-0.39, 0.29) is 15.5 Å². The van der Waals surface area contributed by atoms with Crippen molar-refractivity contribution in [3.8, 4) is 0 Å². The topological polar surface area (TPSA) is 71.5 Å². The van der Waals surface area contributed by atoms with Crippen molar-refractivity contribution < 1.29 is 16.8 Å². The summed E-state index contributed by atoms with van der Waals surface area (Å²) >= 11 is 2.61. The Morgan fingerprint density at radius 2 is 1.12 bits per heavy atom. The molecule has 5 aromatic rings. The SMILES string of the molecule is CSc1sccc1N(S(=O)(=O)c1cccc2ccccc12)S(=O)(=O)c1cccc2ccccc12. The first-order valence-electron chi connectivity index (χ1n) is 10.2. The summed E-state index contributed by atoms with van der Waals surface area (Å²) in [5.74, 6) is 0. The Hall–Kier alpha value is -2.85. The molecule has 0 aliphatic heterocycles. The fraction of sp³-hybridized carbons (Fsp3) is 0.0400. The average molecular weight is 526 g/mol. The lowest BCUT2D eigenvalue weighted by Crippen LogP contribution is -2.37. The first-order valence-corrected chi connectivity index (χ1v) is 15.2. The van der Waals surface area contributed by atoms with Gasteiger partial charge in [-0.25, -0.2) is 0 Å². The van der Waals surface area contributed by atoms with Crippen LogP contribution in [-0.4, -0.2) is 23.1 Å². The molecule has 0 bridgehead atoms. The zero-order chi connectivity index (χ0) is 23.9. The summed E-state index contributed by atoms with van der Waals surface area (Å²) in [5.41, 5.74) is 0.123. The summed E-state index contributed by atoms with van der Waals surface area (Å²) in [6.45, 7) is 0. The Labute approximate surface area is 206 Å². The summed E-state index contributed by atoms with van der Waals surface area (Å²) in [6, 6.07) is 25.4. The number of fused-ring (bicyclic) bond motifs is 2. The maximum Gasteiger partial charge on any atom is 0.278 e. The van der Waals surface area contributed by atoms with E-state index in [1.165, 1.54) is 35.2 Å². The highest BCUT2D eigenvalue weighted by molar-refractivity contribution is 8.10. The molecule has 1 heterocycles. The number of nitrogens with zero attached hydrogens (tertiary/aromatic N) is 1. The summed E-state index contributed by atoms with van der Waals surface area (Å²) in [4.78, 5) is -0.125. The summed E-state index contributed by atoms with van der Waals surface area (Å²) in [6.07, 6.45) is 1.79. The Balaban J connectivity index is 1.84. The summed E-state index contributed by atoms with van der Waals surface area (Å²) < 4.78 is 58.0. The minimum Gasteiger partial charge on any atom is -0.200 e. The molecule has 0 radical (unpaired) electrons. The number of hydrogen-bond donors (Lipinski definition) is 0. The molecule has 0 aliphatic rings. The highest BCUT2D eigenvalue weighted by atomic mass is 32.3. The molecule has 0 atom stereocenters. The van der Waals surface area contributed by atoms with E-state index in [2.05, 4.69) is 0 Å². The maximum absolute atomic E-state index is 14.2. The molecular weight excluding hydrogens is 507 g/mol. The van der Waals surface area contributed by atoms with Gasteiger partial charge in [0.1, 0.15) is 0 Å². The van der Waals surface area contributed by atoms with Gasteiger partial charge in [-0.05, 0) is 40.6 Å². The molecule has 4 aromatic carbocycles. The van der Waals surface area contributed by atoms with Gasteiger partial charge in [0.05, 0.1) is 19.7 Å². The van der Waals surface area contributed by atoms with Gasteiger partial charge in [0.15, 0.2) is 0 Å². The van der Waals surface area contributed by atoms with Crippen LogP contribution in [0, 0.1) is 0 Å². The van der Waals surface area contributed by atoms with Crippen LogP contribution in [0.15, 0.2) is 110 Å². The molecule has 0 spiro atoms. The van der Waals surface area contributed by atoms with Gasteiger partial charge in [-0.1, -0.05) is 72.8 Å². The van der Waals surface area contributed by atoms with Gasteiger partial charge in [-0.2, -0.15) is 20.5 Å². The molecule has 0 amide bonds. The van der Waals surface area contributed by atoms with Crippen LogP contribution in [0.25, 0.3) is 21.5 Å².